The molecule has 0 saturated carbocycles. The van der Waals surface area contributed by atoms with E-state index in [1.165, 1.54) is 14.2 Å². The Morgan fingerprint density at radius 2 is 1.92 bits per heavy atom. The number of rotatable bonds is 5. The van der Waals surface area contributed by atoms with E-state index >= 15 is 0 Å². The molecule has 0 aromatic heterocycles. The first-order chi connectivity index (χ1) is 11.8. The molecule has 1 aliphatic heterocycles. The van der Waals surface area contributed by atoms with Gasteiger partial charge in [-0.05, 0) is 38.5 Å². The third-order valence-corrected chi connectivity index (χ3v) is 4.32. The number of ether oxygens (including phenoxy) is 3. The van der Waals surface area contributed by atoms with Gasteiger partial charge in [-0.25, -0.2) is 9.59 Å². The predicted molar refractivity (Wildman–Crippen MR) is 95.6 cm³/mol. The zero-order chi connectivity index (χ0) is 18.7. The van der Waals surface area contributed by atoms with Crippen molar-refractivity contribution >= 4 is 27.9 Å². The molecule has 1 aliphatic rings. The van der Waals surface area contributed by atoms with Crippen LogP contribution in [0.15, 0.2) is 27.9 Å². The summed E-state index contributed by atoms with van der Waals surface area (Å²) in [6.45, 7) is 5.48. The van der Waals surface area contributed by atoms with Crippen molar-refractivity contribution in [3.05, 3.63) is 33.4 Å². The van der Waals surface area contributed by atoms with E-state index in [1.54, 1.807) is 19.1 Å². The van der Waals surface area contributed by atoms with Crippen LogP contribution in [0.2, 0.25) is 0 Å². The normalized spacial score (nSPS) is 17.1. The fraction of sp³-hybridized carbons (Fsp3) is 0.412. The van der Waals surface area contributed by atoms with Crippen LogP contribution in [-0.2, 0) is 9.53 Å². The lowest BCUT2D eigenvalue weighted by molar-refractivity contribution is -0.136. The molecule has 2 rings (SSSR count). The summed E-state index contributed by atoms with van der Waals surface area (Å²) in [7, 11) is 2.83. The molecule has 25 heavy (non-hydrogen) atoms. The van der Waals surface area contributed by atoms with E-state index in [-0.39, 0.29) is 6.10 Å². The molecule has 0 unspecified atom stereocenters. The molecule has 0 radical (unpaired) electrons. The number of halogens is 1. The summed E-state index contributed by atoms with van der Waals surface area (Å²) in [5, 5.41) is 5.33. The third-order valence-electron chi connectivity index (χ3n) is 3.63. The van der Waals surface area contributed by atoms with E-state index in [0.29, 0.717) is 32.8 Å². The summed E-state index contributed by atoms with van der Waals surface area (Å²) in [5.41, 5.74) is 1.42. The van der Waals surface area contributed by atoms with Gasteiger partial charge in [0.05, 0.1) is 31.9 Å². The molecule has 2 amide bonds. The van der Waals surface area contributed by atoms with Gasteiger partial charge in [0.1, 0.15) is 0 Å². The number of methoxy groups -OCH3 is 2. The maximum atomic E-state index is 12.2. The standard InChI is InChI=1S/C17H21BrN2O5/c1-8(2)25-13-7-11(18)10(6-12(13)23-4)15-14(16(21)24-5)9(3)19-17(22)20-15/h6-8,15H,1-5H3,(H2,19,20,22)/t15-/m1/s1. The van der Waals surface area contributed by atoms with Crippen molar-refractivity contribution in [2.75, 3.05) is 14.2 Å². The van der Waals surface area contributed by atoms with E-state index < -0.39 is 18.0 Å². The Hall–Kier alpha value is -2.22. The van der Waals surface area contributed by atoms with Crippen molar-refractivity contribution in [3.63, 3.8) is 0 Å². The van der Waals surface area contributed by atoms with Crippen molar-refractivity contribution in [1.29, 1.82) is 0 Å². The first-order valence-electron chi connectivity index (χ1n) is 7.69. The van der Waals surface area contributed by atoms with Crippen molar-refractivity contribution in [2.45, 2.75) is 32.9 Å². The Balaban J connectivity index is 2.56. The first-order valence-corrected chi connectivity index (χ1v) is 8.48. The molecule has 1 heterocycles. The van der Waals surface area contributed by atoms with Crippen LogP contribution in [0, 0.1) is 0 Å². The molecule has 7 nitrogen and oxygen atoms in total. The first kappa shape index (κ1) is 19.1. The fourth-order valence-corrected chi connectivity index (χ4v) is 3.14. The minimum Gasteiger partial charge on any atom is -0.493 e. The number of carbonyl (C=O) groups excluding carboxylic acids is 2. The van der Waals surface area contributed by atoms with E-state index in [4.69, 9.17) is 14.2 Å². The maximum Gasteiger partial charge on any atom is 0.337 e. The Bertz CT molecular complexity index is 730. The van der Waals surface area contributed by atoms with Gasteiger partial charge < -0.3 is 24.8 Å². The van der Waals surface area contributed by atoms with Crippen LogP contribution in [-0.4, -0.2) is 32.3 Å². The molecule has 0 spiro atoms. The lowest BCUT2D eigenvalue weighted by Gasteiger charge is -2.29. The van der Waals surface area contributed by atoms with Crippen LogP contribution in [0.4, 0.5) is 4.79 Å². The van der Waals surface area contributed by atoms with Crippen molar-refractivity contribution in [1.82, 2.24) is 10.6 Å². The second-order valence-corrected chi connectivity index (χ2v) is 6.61. The molecule has 0 fully saturated rings. The summed E-state index contributed by atoms with van der Waals surface area (Å²) in [6, 6.07) is 2.40. The lowest BCUT2D eigenvalue weighted by Crippen LogP contribution is -2.45. The van der Waals surface area contributed by atoms with E-state index in [2.05, 4.69) is 26.6 Å². The Kier molecular flexibility index (Phi) is 5.94. The quantitative estimate of drug-likeness (QED) is 0.725. The molecule has 1 aromatic carbocycles. The molecule has 8 heteroatoms. The van der Waals surface area contributed by atoms with E-state index in [9.17, 15) is 9.59 Å². The average molecular weight is 413 g/mol. The highest BCUT2D eigenvalue weighted by Crippen LogP contribution is 2.39. The summed E-state index contributed by atoms with van der Waals surface area (Å²) in [5.74, 6) is 0.540. The highest BCUT2D eigenvalue weighted by atomic mass is 79.9. The fourth-order valence-electron chi connectivity index (χ4n) is 2.59. The van der Waals surface area contributed by atoms with Gasteiger partial charge in [-0.1, -0.05) is 15.9 Å². The van der Waals surface area contributed by atoms with Gasteiger partial charge in [0, 0.05) is 10.2 Å². The molecule has 1 atom stereocenters. The van der Waals surface area contributed by atoms with Gasteiger partial charge in [-0.2, -0.15) is 0 Å². The predicted octanol–water partition coefficient (Wildman–Crippen LogP) is 3.05. The highest BCUT2D eigenvalue weighted by Gasteiger charge is 2.33. The topological polar surface area (TPSA) is 85.9 Å². The zero-order valence-electron chi connectivity index (χ0n) is 14.7. The molecule has 0 saturated heterocycles. The molecular formula is C17H21BrN2O5. The lowest BCUT2D eigenvalue weighted by atomic mass is 9.95. The molecular weight excluding hydrogens is 392 g/mol. The summed E-state index contributed by atoms with van der Waals surface area (Å²) >= 11 is 3.49. The van der Waals surface area contributed by atoms with Gasteiger partial charge in [0.15, 0.2) is 11.5 Å². The number of esters is 1. The highest BCUT2D eigenvalue weighted by molar-refractivity contribution is 9.10. The van der Waals surface area contributed by atoms with Crippen LogP contribution in [0.1, 0.15) is 32.4 Å². The summed E-state index contributed by atoms with van der Waals surface area (Å²) < 4.78 is 16.7. The number of nitrogens with one attached hydrogen (secondary N) is 2. The Morgan fingerprint density at radius 3 is 2.48 bits per heavy atom. The molecule has 1 aromatic rings. The van der Waals surface area contributed by atoms with Gasteiger partial charge >= 0.3 is 12.0 Å². The largest absolute Gasteiger partial charge is 0.493 e. The van der Waals surface area contributed by atoms with E-state index in [1.807, 2.05) is 13.8 Å². The van der Waals surface area contributed by atoms with Gasteiger partial charge in [-0.3, -0.25) is 0 Å². The zero-order valence-corrected chi connectivity index (χ0v) is 16.3. The van der Waals surface area contributed by atoms with Crippen molar-refractivity contribution in [2.24, 2.45) is 0 Å². The Morgan fingerprint density at radius 1 is 1.24 bits per heavy atom. The maximum absolute atomic E-state index is 12.2. The molecule has 0 aliphatic carbocycles. The summed E-state index contributed by atoms with van der Waals surface area (Å²) in [4.78, 5) is 24.1. The SMILES string of the molecule is COC(=O)C1=C(C)NC(=O)N[C@@H]1c1cc(OC)c(OC(C)C)cc1Br. The number of carbonyl (C=O) groups is 2. The second kappa shape index (κ2) is 7.77. The number of hydrogen-bond donors (Lipinski definition) is 2. The number of urea groups is 1. The van der Waals surface area contributed by atoms with Crippen molar-refractivity contribution in [3.8, 4) is 11.5 Å². The van der Waals surface area contributed by atoms with Gasteiger partial charge in [0.25, 0.3) is 0 Å². The number of hydrogen-bond acceptors (Lipinski definition) is 5. The molecule has 0 bridgehead atoms. The number of allylic oxidation sites excluding steroid dienone is 1. The third kappa shape index (κ3) is 4.07. The van der Waals surface area contributed by atoms with Crippen LogP contribution in [0.5, 0.6) is 11.5 Å². The number of amides is 2. The number of benzene rings is 1. The second-order valence-electron chi connectivity index (χ2n) is 5.75. The van der Waals surface area contributed by atoms with Crippen LogP contribution >= 0.6 is 15.9 Å². The minimum atomic E-state index is -0.683. The smallest absolute Gasteiger partial charge is 0.337 e. The van der Waals surface area contributed by atoms with E-state index in [0.717, 1.165) is 0 Å². The van der Waals surface area contributed by atoms with Crippen LogP contribution < -0.4 is 20.1 Å². The van der Waals surface area contributed by atoms with Crippen LogP contribution in [0.25, 0.3) is 0 Å². The average Bonchev–Trinajstić information content (AvgIpc) is 2.53. The van der Waals surface area contributed by atoms with Crippen molar-refractivity contribution < 1.29 is 23.8 Å². The molecule has 2 N–H and O–H groups in total. The molecule has 136 valence electrons. The Labute approximate surface area is 154 Å². The monoisotopic (exact) mass is 412 g/mol. The van der Waals surface area contributed by atoms with Gasteiger partial charge in [-0.15, -0.1) is 0 Å². The van der Waals surface area contributed by atoms with Gasteiger partial charge in [0.2, 0.25) is 0 Å². The van der Waals surface area contributed by atoms with Crippen LogP contribution in [0.3, 0.4) is 0 Å². The minimum absolute atomic E-state index is 0.0296. The summed E-state index contributed by atoms with van der Waals surface area (Å²) in [6.07, 6.45) is -0.0296.